The van der Waals surface area contributed by atoms with Crippen LogP contribution in [-0.4, -0.2) is 15.0 Å². The molecule has 0 fully saturated rings. The van der Waals surface area contributed by atoms with Gasteiger partial charge in [-0.2, -0.15) is 0 Å². The van der Waals surface area contributed by atoms with E-state index in [0.717, 1.165) is 10.0 Å². The first kappa shape index (κ1) is 14.7. The normalized spacial score (nSPS) is 11.7. The van der Waals surface area contributed by atoms with Gasteiger partial charge in [-0.3, -0.25) is 0 Å². The molecular weight excluding hydrogens is 346 g/mol. The Hall–Kier alpha value is -0.690. The van der Waals surface area contributed by atoms with Gasteiger partial charge in [0.25, 0.3) is 0 Å². The van der Waals surface area contributed by atoms with Crippen molar-refractivity contribution in [2.24, 2.45) is 0 Å². The number of nitrogens with one attached hydrogen (secondary N) is 1. The lowest BCUT2D eigenvalue weighted by Gasteiger charge is -2.09. The van der Waals surface area contributed by atoms with Crippen LogP contribution < -0.4 is 4.72 Å². The molecule has 6 heteroatoms. The summed E-state index contributed by atoms with van der Waals surface area (Å²) in [4.78, 5) is 1.50. The van der Waals surface area contributed by atoms with Crippen molar-refractivity contribution in [2.75, 3.05) is 6.54 Å². The lowest BCUT2D eigenvalue weighted by molar-refractivity contribution is 0.581. The van der Waals surface area contributed by atoms with Gasteiger partial charge in [0.15, 0.2) is 0 Å². The molecule has 0 spiro atoms. The highest BCUT2D eigenvalue weighted by Crippen LogP contribution is 2.20. The maximum Gasteiger partial charge on any atom is 0.240 e. The van der Waals surface area contributed by atoms with Gasteiger partial charge in [0.05, 0.1) is 4.90 Å². The first-order valence-electron chi connectivity index (χ1n) is 5.77. The van der Waals surface area contributed by atoms with Gasteiger partial charge in [-0.05, 0) is 42.5 Å². The average Bonchev–Trinajstić information content (AvgIpc) is 2.85. The monoisotopic (exact) mass is 359 g/mol. The third-order valence-corrected chi connectivity index (χ3v) is 5.72. The Bertz CT molecular complexity index is 651. The number of rotatable bonds is 5. The van der Waals surface area contributed by atoms with Crippen LogP contribution in [0.15, 0.2) is 45.1 Å². The molecule has 2 rings (SSSR count). The standard InChI is InChI=1S/C13H14BrNO2S2/c1-10-4-5-11(14)9-13(10)19(16,17)15-7-6-12-3-2-8-18-12/h2-5,8-9,15H,6-7H2,1H3. The molecule has 1 N–H and O–H groups in total. The smallest absolute Gasteiger partial charge is 0.211 e. The Balaban J connectivity index is 2.07. The van der Waals surface area contributed by atoms with Gasteiger partial charge < -0.3 is 0 Å². The first-order valence-corrected chi connectivity index (χ1v) is 8.93. The van der Waals surface area contributed by atoms with E-state index in [0.29, 0.717) is 17.9 Å². The van der Waals surface area contributed by atoms with E-state index in [2.05, 4.69) is 20.7 Å². The average molecular weight is 360 g/mol. The fourth-order valence-corrected chi connectivity index (χ4v) is 4.23. The highest BCUT2D eigenvalue weighted by atomic mass is 79.9. The summed E-state index contributed by atoms with van der Waals surface area (Å²) in [6.45, 7) is 2.20. The van der Waals surface area contributed by atoms with Gasteiger partial charge >= 0.3 is 0 Å². The van der Waals surface area contributed by atoms with E-state index in [1.54, 1.807) is 30.4 Å². The van der Waals surface area contributed by atoms with Crippen molar-refractivity contribution in [1.82, 2.24) is 4.72 Å². The lowest BCUT2D eigenvalue weighted by atomic mass is 10.2. The number of thiophene rings is 1. The molecule has 2 aromatic rings. The van der Waals surface area contributed by atoms with Gasteiger partial charge in [-0.15, -0.1) is 11.3 Å². The summed E-state index contributed by atoms with van der Waals surface area (Å²) in [5.41, 5.74) is 0.742. The number of aryl methyl sites for hydroxylation is 1. The Kier molecular flexibility index (Phi) is 4.78. The van der Waals surface area contributed by atoms with E-state index in [1.165, 1.54) is 4.88 Å². The van der Waals surface area contributed by atoms with Gasteiger partial charge in [-0.25, -0.2) is 13.1 Å². The van der Waals surface area contributed by atoms with Crippen LogP contribution in [0.1, 0.15) is 10.4 Å². The lowest BCUT2D eigenvalue weighted by Crippen LogP contribution is -2.26. The van der Waals surface area contributed by atoms with Crippen LogP contribution in [0.4, 0.5) is 0 Å². The fourth-order valence-electron chi connectivity index (χ4n) is 1.70. The molecule has 0 saturated heterocycles. The molecule has 0 radical (unpaired) electrons. The summed E-state index contributed by atoms with van der Waals surface area (Å²) < 4.78 is 27.8. The van der Waals surface area contributed by atoms with Crippen molar-refractivity contribution in [3.05, 3.63) is 50.6 Å². The maximum absolute atomic E-state index is 12.2. The van der Waals surface area contributed by atoms with Crippen LogP contribution in [0, 0.1) is 6.92 Å². The van der Waals surface area contributed by atoms with Crippen molar-refractivity contribution >= 4 is 37.3 Å². The Morgan fingerprint density at radius 2 is 2.11 bits per heavy atom. The van der Waals surface area contributed by atoms with Gasteiger partial charge in [0.2, 0.25) is 10.0 Å². The minimum atomic E-state index is -3.44. The van der Waals surface area contributed by atoms with Crippen LogP contribution in [0.25, 0.3) is 0 Å². The maximum atomic E-state index is 12.2. The molecule has 0 aliphatic rings. The van der Waals surface area contributed by atoms with Crippen molar-refractivity contribution in [1.29, 1.82) is 0 Å². The van der Waals surface area contributed by atoms with E-state index in [-0.39, 0.29) is 0 Å². The molecule has 0 bridgehead atoms. The zero-order chi connectivity index (χ0) is 13.9. The van der Waals surface area contributed by atoms with E-state index in [4.69, 9.17) is 0 Å². The van der Waals surface area contributed by atoms with Gasteiger partial charge in [0.1, 0.15) is 0 Å². The predicted molar refractivity (Wildman–Crippen MR) is 82.1 cm³/mol. The van der Waals surface area contributed by atoms with Crippen LogP contribution >= 0.6 is 27.3 Å². The van der Waals surface area contributed by atoms with Crippen LogP contribution in [0.3, 0.4) is 0 Å². The number of benzene rings is 1. The van der Waals surface area contributed by atoms with E-state index in [1.807, 2.05) is 23.6 Å². The molecule has 0 aliphatic heterocycles. The van der Waals surface area contributed by atoms with Crippen LogP contribution in [-0.2, 0) is 16.4 Å². The topological polar surface area (TPSA) is 46.2 Å². The summed E-state index contributed by atoms with van der Waals surface area (Å²) in [5.74, 6) is 0. The summed E-state index contributed by atoms with van der Waals surface area (Å²) in [5, 5.41) is 1.99. The minimum Gasteiger partial charge on any atom is -0.211 e. The number of sulfonamides is 1. The molecule has 0 amide bonds. The number of halogens is 1. The summed E-state index contributed by atoms with van der Waals surface area (Å²) in [6, 6.07) is 9.22. The molecule has 0 atom stereocenters. The van der Waals surface area contributed by atoms with Crippen molar-refractivity contribution in [3.63, 3.8) is 0 Å². The minimum absolute atomic E-state index is 0.327. The summed E-state index contributed by atoms with van der Waals surface area (Å²) >= 11 is 4.93. The second-order valence-electron chi connectivity index (χ2n) is 4.14. The zero-order valence-corrected chi connectivity index (χ0v) is 13.6. The SMILES string of the molecule is Cc1ccc(Br)cc1S(=O)(=O)NCCc1cccs1. The molecule has 1 aromatic carbocycles. The summed E-state index contributed by atoms with van der Waals surface area (Å²) in [6.07, 6.45) is 0.712. The molecule has 19 heavy (non-hydrogen) atoms. The van der Waals surface area contributed by atoms with Crippen molar-refractivity contribution in [3.8, 4) is 0 Å². The molecule has 3 nitrogen and oxygen atoms in total. The second-order valence-corrected chi connectivity index (χ2v) is 7.82. The third kappa shape index (κ3) is 3.89. The quantitative estimate of drug-likeness (QED) is 0.889. The molecular formula is C13H14BrNO2S2. The highest BCUT2D eigenvalue weighted by molar-refractivity contribution is 9.10. The largest absolute Gasteiger partial charge is 0.240 e. The fraction of sp³-hybridized carbons (Fsp3) is 0.231. The van der Waals surface area contributed by atoms with E-state index >= 15 is 0 Å². The molecule has 102 valence electrons. The van der Waals surface area contributed by atoms with Crippen molar-refractivity contribution in [2.45, 2.75) is 18.2 Å². The van der Waals surface area contributed by atoms with Crippen molar-refractivity contribution < 1.29 is 8.42 Å². The Labute approximate surface area is 125 Å². The molecule has 0 unspecified atom stereocenters. The molecule has 1 heterocycles. The van der Waals surface area contributed by atoms with Crippen LogP contribution in [0.5, 0.6) is 0 Å². The Morgan fingerprint density at radius 1 is 1.32 bits per heavy atom. The number of hydrogen-bond donors (Lipinski definition) is 1. The zero-order valence-electron chi connectivity index (χ0n) is 10.4. The Morgan fingerprint density at radius 3 is 2.79 bits per heavy atom. The van der Waals surface area contributed by atoms with Crippen LogP contribution in [0.2, 0.25) is 0 Å². The second kappa shape index (κ2) is 6.17. The van der Waals surface area contributed by atoms with E-state index in [9.17, 15) is 8.42 Å². The predicted octanol–water partition coefficient (Wildman–Crippen LogP) is 3.34. The highest BCUT2D eigenvalue weighted by Gasteiger charge is 2.16. The third-order valence-electron chi connectivity index (χ3n) is 2.68. The van der Waals surface area contributed by atoms with E-state index < -0.39 is 10.0 Å². The van der Waals surface area contributed by atoms with Gasteiger partial charge in [-0.1, -0.05) is 28.1 Å². The molecule has 1 aromatic heterocycles. The number of hydrogen-bond acceptors (Lipinski definition) is 3. The summed E-state index contributed by atoms with van der Waals surface area (Å²) in [7, 11) is -3.44. The molecule has 0 aliphatic carbocycles. The van der Waals surface area contributed by atoms with Gasteiger partial charge in [0, 0.05) is 15.9 Å². The first-order chi connectivity index (χ1) is 8.99. The molecule has 0 saturated carbocycles.